The standard InChI is InChI=1S/C26H41N2O2P.C9H12O2.C3H8/c1-6-9-23-17-22(16-21(3)25(23)11-8-10-24(7-2)31-5)18-28-14-12-26(13-15-28,19-27-4)30-20-29;1-3-4-5-6-8(2)7-9(10)11;1-3-2/h7-8,10,16-17,20,27,31H,6,9,11-15,18-19H2,1-5H3;3-6H,2,7H2,1H3,(H,10,11);3H2,1-2H3/b10-8-,24-7+;4-3-,6-5-;. The molecule has 6 nitrogen and oxygen atoms in total. The fraction of sp³-hybridized carbons (Fsp3) is 0.526. The van der Waals surface area contributed by atoms with E-state index in [9.17, 15) is 9.59 Å². The van der Waals surface area contributed by atoms with E-state index in [0.29, 0.717) is 12.0 Å². The van der Waals surface area contributed by atoms with Crippen LogP contribution in [0.3, 0.4) is 0 Å². The first kappa shape index (κ1) is 42.2. The lowest BCUT2D eigenvalue weighted by atomic mass is 9.90. The number of likely N-dealkylation sites (N-methyl/N-ethyl adjacent to an activating group) is 1. The fourth-order valence-electron chi connectivity index (χ4n) is 5.17. The predicted molar refractivity (Wildman–Crippen MR) is 196 cm³/mol. The van der Waals surface area contributed by atoms with Gasteiger partial charge in [-0.2, -0.15) is 0 Å². The van der Waals surface area contributed by atoms with Crippen LogP contribution in [0.1, 0.15) is 89.0 Å². The lowest BCUT2D eigenvalue weighted by Crippen LogP contribution is -2.50. The van der Waals surface area contributed by atoms with Crippen molar-refractivity contribution in [1.29, 1.82) is 0 Å². The van der Waals surface area contributed by atoms with Crippen LogP contribution >= 0.6 is 8.58 Å². The molecule has 0 bridgehead atoms. The summed E-state index contributed by atoms with van der Waals surface area (Å²) in [4.78, 5) is 23.6. The molecule has 0 saturated carbocycles. The number of nitrogens with one attached hydrogen (secondary N) is 1. The quantitative estimate of drug-likeness (QED) is 0.107. The minimum absolute atomic E-state index is 0.00799. The molecular weight excluding hydrogens is 579 g/mol. The predicted octanol–water partition coefficient (Wildman–Crippen LogP) is 8.55. The number of ether oxygens (including phenoxy) is 1. The maximum absolute atomic E-state index is 11.0. The summed E-state index contributed by atoms with van der Waals surface area (Å²) in [6.45, 7) is 22.8. The number of aliphatic carboxylic acids is 1. The summed E-state index contributed by atoms with van der Waals surface area (Å²) in [6.07, 6.45) is 20.3. The number of carboxylic acids is 1. The van der Waals surface area contributed by atoms with Crippen LogP contribution in [0.25, 0.3) is 0 Å². The molecule has 0 amide bonds. The van der Waals surface area contributed by atoms with E-state index >= 15 is 0 Å². The summed E-state index contributed by atoms with van der Waals surface area (Å²) in [5, 5.41) is 12.9. The van der Waals surface area contributed by atoms with Crippen LogP contribution in [0.5, 0.6) is 0 Å². The molecule has 0 aliphatic carbocycles. The molecule has 252 valence electrons. The van der Waals surface area contributed by atoms with E-state index in [2.05, 4.69) is 88.4 Å². The van der Waals surface area contributed by atoms with Crippen molar-refractivity contribution in [1.82, 2.24) is 10.2 Å². The van der Waals surface area contributed by atoms with Crippen LogP contribution in [0.2, 0.25) is 0 Å². The number of rotatable bonds is 16. The van der Waals surface area contributed by atoms with Gasteiger partial charge in [-0.15, -0.1) is 0 Å². The highest BCUT2D eigenvalue weighted by atomic mass is 31.1. The van der Waals surface area contributed by atoms with Gasteiger partial charge in [0.2, 0.25) is 0 Å². The Bertz CT molecular complexity index is 1130. The van der Waals surface area contributed by atoms with Crippen molar-refractivity contribution >= 4 is 21.0 Å². The van der Waals surface area contributed by atoms with Gasteiger partial charge in [0.15, 0.2) is 0 Å². The number of piperidine rings is 1. The van der Waals surface area contributed by atoms with Crippen molar-refractivity contribution in [2.45, 2.75) is 98.6 Å². The van der Waals surface area contributed by atoms with E-state index in [0.717, 1.165) is 66.9 Å². The van der Waals surface area contributed by atoms with Gasteiger partial charge in [-0.1, -0.05) is 103 Å². The van der Waals surface area contributed by atoms with E-state index in [4.69, 9.17) is 9.84 Å². The number of aryl methyl sites for hydroxylation is 2. The van der Waals surface area contributed by atoms with Gasteiger partial charge >= 0.3 is 5.97 Å². The van der Waals surface area contributed by atoms with E-state index in [1.807, 2.05) is 26.1 Å². The molecule has 1 aromatic carbocycles. The second kappa shape index (κ2) is 25.4. The molecule has 1 fully saturated rings. The second-order valence-corrected chi connectivity index (χ2v) is 12.5. The Balaban J connectivity index is 0.00000116. The van der Waals surface area contributed by atoms with Crippen molar-refractivity contribution in [2.24, 2.45) is 0 Å². The van der Waals surface area contributed by atoms with Crippen molar-refractivity contribution in [3.05, 3.63) is 94.4 Å². The molecule has 7 heteroatoms. The minimum atomic E-state index is -0.847. The number of carboxylic acid groups (broad SMARTS) is 1. The normalized spacial score (nSPS) is 15.2. The van der Waals surface area contributed by atoms with Crippen molar-refractivity contribution in [3.63, 3.8) is 0 Å². The van der Waals surface area contributed by atoms with Gasteiger partial charge in [0.1, 0.15) is 5.60 Å². The molecule has 1 saturated heterocycles. The van der Waals surface area contributed by atoms with E-state index in [1.165, 1.54) is 34.0 Å². The van der Waals surface area contributed by atoms with Gasteiger partial charge in [-0.05, 0) is 80.5 Å². The molecule has 0 spiro atoms. The number of hydrogen-bond acceptors (Lipinski definition) is 5. The third kappa shape index (κ3) is 18.1. The smallest absolute Gasteiger partial charge is 0.307 e. The van der Waals surface area contributed by atoms with Crippen LogP contribution in [0, 0.1) is 6.92 Å². The topological polar surface area (TPSA) is 78.9 Å². The monoisotopic (exact) mass is 640 g/mol. The van der Waals surface area contributed by atoms with Gasteiger partial charge in [0.05, 0.1) is 6.42 Å². The zero-order chi connectivity index (χ0) is 34.1. The van der Waals surface area contributed by atoms with E-state index in [1.54, 1.807) is 12.2 Å². The van der Waals surface area contributed by atoms with Crippen molar-refractivity contribution in [2.75, 3.05) is 33.3 Å². The molecule has 0 aromatic heterocycles. The molecule has 1 aromatic rings. The Hall–Kier alpha value is -2.79. The highest BCUT2D eigenvalue weighted by Crippen LogP contribution is 2.28. The molecule has 45 heavy (non-hydrogen) atoms. The SMILES string of the molecule is C/C=C(\C=C/Cc1c(C)cc(CN2CCC(CNC)(OC=O)CC2)cc1CCC)PC.C=C(/C=C\C=C/C)CC(=O)O.CCC. The lowest BCUT2D eigenvalue weighted by molar-refractivity contribution is -0.148. The maximum atomic E-state index is 11.0. The number of likely N-dealkylation sites (tertiary alicyclic amines) is 1. The highest BCUT2D eigenvalue weighted by Gasteiger charge is 2.35. The summed E-state index contributed by atoms with van der Waals surface area (Å²) >= 11 is 0. The molecule has 1 unspecified atom stereocenters. The first-order chi connectivity index (χ1) is 21.6. The van der Waals surface area contributed by atoms with Crippen LogP contribution in [-0.4, -0.2) is 61.4 Å². The van der Waals surface area contributed by atoms with Crippen molar-refractivity contribution in [3.8, 4) is 0 Å². The Morgan fingerprint density at radius 1 is 1.16 bits per heavy atom. The lowest BCUT2D eigenvalue weighted by Gasteiger charge is -2.40. The maximum Gasteiger partial charge on any atom is 0.307 e. The molecule has 1 heterocycles. The fourth-order valence-corrected chi connectivity index (χ4v) is 5.74. The Morgan fingerprint density at radius 3 is 2.33 bits per heavy atom. The molecule has 2 rings (SSSR count). The van der Waals surface area contributed by atoms with Crippen LogP contribution < -0.4 is 5.32 Å². The molecule has 1 aliphatic heterocycles. The van der Waals surface area contributed by atoms with Gasteiger partial charge in [0.25, 0.3) is 6.47 Å². The zero-order valence-corrected chi connectivity index (χ0v) is 30.4. The Labute approximate surface area is 276 Å². The average molecular weight is 641 g/mol. The minimum Gasteiger partial charge on any atom is -0.481 e. The molecule has 1 atom stereocenters. The number of hydrogen-bond donors (Lipinski definition) is 2. The first-order valence-corrected chi connectivity index (χ1v) is 17.9. The largest absolute Gasteiger partial charge is 0.481 e. The highest BCUT2D eigenvalue weighted by molar-refractivity contribution is 7.42. The van der Waals surface area contributed by atoms with Gasteiger partial charge in [-0.3, -0.25) is 14.5 Å². The van der Waals surface area contributed by atoms with Gasteiger partial charge < -0.3 is 15.2 Å². The Morgan fingerprint density at radius 2 is 1.82 bits per heavy atom. The number of carbonyl (C=O) groups excluding carboxylic acids is 1. The molecular formula is C38H61N2O4P. The third-order valence-electron chi connectivity index (χ3n) is 7.35. The summed E-state index contributed by atoms with van der Waals surface area (Å²) < 4.78 is 5.49. The number of benzene rings is 1. The van der Waals surface area contributed by atoms with E-state index in [-0.39, 0.29) is 12.0 Å². The Kier molecular flexibility index (Phi) is 23.8. The third-order valence-corrected chi connectivity index (χ3v) is 8.38. The second-order valence-electron chi connectivity index (χ2n) is 11.4. The van der Waals surface area contributed by atoms with Crippen LogP contribution in [-0.2, 0) is 33.7 Å². The molecule has 1 aliphatic rings. The average Bonchev–Trinajstić information content (AvgIpc) is 2.99. The number of allylic oxidation sites excluding steroid dienone is 8. The molecule has 2 N–H and O–H groups in total. The summed E-state index contributed by atoms with van der Waals surface area (Å²) in [5.74, 6) is -0.847. The van der Waals surface area contributed by atoms with Crippen LogP contribution in [0.4, 0.5) is 0 Å². The summed E-state index contributed by atoms with van der Waals surface area (Å²) in [5.41, 5.74) is 6.04. The number of nitrogens with zero attached hydrogens (tertiary/aromatic N) is 1. The van der Waals surface area contributed by atoms with Crippen molar-refractivity contribution < 1.29 is 19.4 Å². The summed E-state index contributed by atoms with van der Waals surface area (Å²) in [7, 11) is 2.76. The van der Waals surface area contributed by atoms with Gasteiger partial charge in [0, 0.05) is 39.0 Å². The van der Waals surface area contributed by atoms with Crippen LogP contribution in [0.15, 0.2) is 72.1 Å². The first-order valence-electron chi connectivity index (χ1n) is 16.4. The molecule has 0 radical (unpaired) electrons. The summed E-state index contributed by atoms with van der Waals surface area (Å²) in [6, 6.07) is 4.80. The van der Waals surface area contributed by atoms with Gasteiger partial charge in [-0.25, -0.2) is 0 Å². The van der Waals surface area contributed by atoms with E-state index < -0.39 is 5.97 Å². The number of carbonyl (C=O) groups is 2. The zero-order valence-electron chi connectivity index (χ0n) is 29.4.